The lowest BCUT2D eigenvalue weighted by atomic mass is 10.1. The highest BCUT2D eigenvalue weighted by atomic mass is 35.5. The van der Waals surface area contributed by atoms with Gasteiger partial charge in [-0.15, -0.1) is 0 Å². The minimum Gasteiger partial charge on any atom is -0.327 e. The number of allylic oxidation sites excluding steroid dienone is 1. The number of H-pyrrole nitrogens is 1. The van der Waals surface area contributed by atoms with Gasteiger partial charge in [-0.25, -0.2) is 4.79 Å². The summed E-state index contributed by atoms with van der Waals surface area (Å²) in [6.07, 6.45) is 2.77. The number of carbonyl (C=O) groups is 1. The Hall–Kier alpha value is -2.88. The first-order valence-electron chi connectivity index (χ1n) is 12.0. The van der Waals surface area contributed by atoms with E-state index < -0.39 is 11.2 Å². The Balaban J connectivity index is 1.63. The van der Waals surface area contributed by atoms with Gasteiger partial charge in [0.25, 0.3) is 5.56 Å². The molecule has 0 bridgehead atoms. The van der Waals surface area contributed by atoms with E-state index in [2.05, 4.69) is 21.3 Å². The van der Waals surface area contributed by atoms with E-state index in [0.29, 0.717) is 40.6 Å². The summed E-state index contributed by atoms with van der Waals surface area (Å²) >= 11 is 6.03. The van der Waals surface area contributed by atoms with Gasteiger partial charge in [0.1, 0.15) is 11.5 Å². The number of nitrogens with one attached hydrogen (secondary N) is 2. The molecule has 0 radical (unpaired) electrons. The standard InChI is InChI=1S/C25H31ClN6O3/c1-15(2)8-10-31-21-22(34)28-24(35)29(3)23(21)32(14-20(33)16-4-6-18(26)7-5-16)25(31)30-11-9-17-12-27-13-19(17)30/h4-8,17,19,25,27H,9-14H2,1-3H3,(H,28,34,35). The van der Waals surface area contributed by atoms with Crippen molar-refractivity contribution in [2.45, 2.75) is 32.6 Å². The number of benzene rings is 1. The summed E-state index contributed by atoms with van der Waals surface area (Å²) in [5.41, 5.74) is 1.16. The molecule has 0 amide bonds. The van der Waals surface area contributed by atoms with E-state index in [-0.39, 0.29) is 18.6 Å². The van der Waals surface area contributed by atoms with Crippen LogP contribution in [-0.4, -0.2) is 65.3 Å². The molecule has 5 rings (SSSR count). The Morgan fingerprint density at radius 2 is 1.89 bits per heavy atom. The molecule has 2 aromatic rings. The van der Waals surface area contributed by atoms with Gasteiger partial charge < -0.3 is 15.1 Å². The van der Waals surface area contributed by atoms with E-state index in [1.54, 1.807) is 31.3 Å². The summed E-state index contributed by atoms with van der Waals surface area (Å²) in [4.78, 5) is 48.1. The molecule has 3 unspecified atom stereocenters. The van der Waals surface area contributed by atoms with Gasteiger partial charge in [0.05, 0.1) is 6.54 Å². The van der Waals surface area contributed by atoms with Crippen molar-refractivity contribution in [1.29, 1.82) is 0 Å². The third kappa shape index (κ3) is 4.22. The smallest absolute Gasteiger partial charge is 0.327 e. The van der Waals surface area contributed by atoms with Crippen LogP contribution in [0.25, 0.3) is 0 Å². The van der Waals surface area contributed by atoms with Crippen molar-refractivity contribution in [2.75, 3.05) is 42.5 Å². The van der Waals surface area contributed by atoms with E-state index in [1.807, 2.05) is 23.6 Å². The molecule has 2 N–H and O–H groups in total. The van der Waals surface area contributed by atoms with E-state index in [0.717, 1.165) is 31.6 Å². The molecule has 0 saturated carbocycles. The topological polar surface area (TPSA) is 93.7 Å². The van der Waals surface area contributed by atoms with Crippen molar-refractivity contribution in [3.63, 3.8) is 0 Å². The van der Waals surface area contributed by atoms with Gasteiger partial charge in [-0.1, -0.05) is 23.3 Å². The number of rotatable bonds is 6. The van der Waals surface area contributed by atoms with E-state index >= 15 is 0 Å². The highest BCUT2D eigenvalue weighted by Gasteiger charge is 2.49. The molecule has 1 aromatic heterocycles. The molecule has 3 atom stereocenters. The second-order valence-corrected chi connectivity index (χ2v) is 10.3. The number of nitrogens with zero attached hydrogens (tertiary/aromatic N) is 4. The number of ketones is 1. The fourth-order valence-electron chi connectivity index (χ4n) is 5.61. The van der Waals surface area contributed by atoms with Gasteiger partial charge in [0.2, 0.25) is 0 Å². The Labute approximate surface area is 209 Å². The van der Waals surface area contributed by atoms with Crippen molar-refractivity contribution in [3.05, 3.63) is 67.3 Å². The van der Waals surface area contributed by atoms with Gasteiger partial charge in [0, 0.05) is 43.3 Å². The largest absolute Gasteiger partial charge is 0.329 e. The van der Waals surface area contributed by atoms with Crippen LogP contribution in [0.5, 0.6) is 0 Å². The van der Waals surface area contributed by atoms with Gasteiger partial charge in [-0.3, -0.25) is 24.0 Å². The zero-order chi connectivity index (χ0) is 24.9. The van der Waals surface area contributed by atoms with Gasteiger partial charge in [-0.2, -0.15) is 0 Å². The zero-order valence-corrected chi connectivity index (χ0v) is 21.0. The maximum atomic E-state index is 13.4. The van der Waals surface area contributed by atoms with Crippen LogP contribution in [0, 0.1) is 5.92 Å². The molecule has 1 aromatic carbocycles. The molecule has 35 heavy (non-hydrogen) atoms. The molecule has 9 nitrogen and oxygen atoms in total. The Bertz CT molecular complexity index is 1280. The highest BCUT2D eigenvalue weighted by molar-refractivity contribution is 6.30. The molecule has 2 saturated heterocycles. The summed E-state index contributed by atoms with van der Waals surface area (Å²) in [6, 6.07) is 7.11. The number of hydrogen-bond acceptors (Lipinski definition) is 7. The lowest BCUT2D eigenvalue weighted by Gasteiger charge is -2.41. The molecule has 10 heteroatoms. The van der Waals surface area contributed by atoms with Crippen LogP contribution in [0.1, 0.15) is 30.6 Å². The fraction of sp³-hybridized carbons (Fsp3) is 0.480. The molecule has 3 aliphatic heterocycles. The van der Waals surface area contributed by atoms with E-state index in [4.69, 9.17) is 11.6 Å². The Morgan fingerprint density at radius 1 is 1.14 bits per heavy atom. The average Bonchev–Trinajstić information content (AvgIpc) is 3.50. The van der Waals surface area contributed by atoms with Crippen LogP contribution in [-0.2, 0) is 7.05 Å². The number of aromatic amines is 1. The monoisotopic (exact) mass is 498 g/mol. The van der Waals surface area contributed by atoms with Crippen molar-refractivity contribution < 1.29 is 4.79 Å². The van der Waals surface area contributed by atoms with Crippen molar-refractivity contribution in [1.82, 2.24) is 19.8 Å². The minimum absolute atomic E-state index is 0.0304. The fourth-order valence-corrected chi connectivity index (χ4v) is 5.74. The molecular formula is C25H31ClN6O3. The van der Waals surface area contributed by atoms with Crippen molar-refractivity contribution in [3.8, 4) is 0 Å². The number of aromatic nitrogens is 2. The predicted octanol–water partition coefficient (Wildman–Crippen LogP) is 1.78. The second kappa shape index (κ2) is 9.29. The maximum absolute atomic E-state index is 13.4. The van der Waals surface area contributed by atoms with E-state index in [1.165, 1.54) is 4.57 Å². The summed E-state index contributed by atoms with van der Waals surface area (Å²) in [7, 11) is 1.64. The van der Waals surface area contributed by atoms with E-state index in [9.17, 15) is 14.4 Å². The molecular weight excluding hydrogens is 468 g/mol. The summed E-state index contributed by atoms with van der Waals surface area (Å²) in [5.74, 6) is 0.900. The first-order chi connectivity index (χ1) is 16.8. The number of hydrogen-bond donors (Lipinski definition) is 2. The minimum atomic E-state index is -0.498. The van der Waals surface area contributed by atoms with Crippen LogP contribution in [0.15, 0.2) is 45.5 Å². The number of Topliss-reactive ketones (excluding diaryl/α,β-unsaturated/α-hetero) is 1. The number of carbonyl (C=O) groups excluding carboxylic acids is 1. The number of halogens is 1. The van der Waals surface area contributed by atoms with Crippen LogP contribution in [0.2, 0.25) is 5.02 Å². The lowest BCUT2D eigenvalue weighted by molar-refractivity contribution is 0.0981. The SMILES string of the molecule is CC(C)=CCN1c2c(n(C)c(=O)[nH]c2=O)N(CC(=O)c2ccc(Cl)cc2)C1N1CCC2CNCC21. The number of fused-ring (bicyclic) bond motifs is 2. The van der Waals surface area contributed by atoms with Gasteiger partial charge in [0.15, 0.2) is 12.1 Å². The van der Waals surface area contributed by atoms with Crippen LogP contribution >= 0.6 is 11.6 Å². The number of likely N-dealkylation sites (tertiary alicyclic amines) is 1. The second-order valence-electron chi connectivity index (χ2n) is 9.84. The highest BCUT2D eigenvalue weighted by Crippen LogP contribution is 2.41. The van der Waals surface area contributed by atoms with Crippen molar-refractivity contribution >= 4 is 28.9 Å². The third-order valence-electron chi connectivity index (χ3n) is 7.35. The first-order valence-corrected chi connectivity index (χ1v) is 12.4. The average molecular weight is 499 g/mol. The Kier molecular flexibility index (Phi) is 6.33. The molecule has 186 valence electrons. The summed E-state index contributed by atoms with van der Waals surface area (Å²) in [6.45, 7) is 7.26. The van der Waals surface area contributed by atoms with Gasteiger partial charge >= 0.3 is 5.69 Å². The van der Waals surface area contributed by atoms with Crippen LogP contribution in [0.3, 0.4) is 0 Å². The molecule has 0 aliphatic carbocycles. The molecule has 0 spiro atoms. The van der Waals surface area contributed by atoms with Crippen LogP contribution in [0.4, 0.5) is 11.5 Å². The number of anilines is 2. The molecule has 3 aliphatic rings. The van der Waals surface area contributed by atoms with Crippen molar-refractivity contribution in [2.24, 2.45) is 13.0 Å². The normalized spacial score (nSPS) is 23.5. The summed E-state index contributed by atoms with van der Waals surface area (Å²) in [5, 5.41) is 4.05. The van der Waals surface area contributed by atoms with Crippen LogP contribution < -0.4 is 26.4 Å². The quantitative estimate of drug-likeness (QED) is 0.463. The summed E-state index contributed by atoms with van der Waals surface area (Å²) < 4.78 is 1.45. The zero-order valence-electron chi connectivity index (χ0n) is 20.3. The maximum Gasteiger partial charge on any atom is 0.329 e. The lowest BCUT2D eigenvalue weighted by Crippen LogP contribution is -2.59. The first kappa shape index (κ1) is 23.8. The molecule has 2 fully saturated rings. The third-order valence-corrected chi connectivity index (χ3v) is 7.60. The van der Waals surface area contributed by atoms with Gasteiger partial charge in [-0.05, 0) is 57.0 Å². The predicted molar refractivity (Wildman–Crippen MR) is 137 cm³/mol. The Morgan fingerprint density at radius 3 is 2.60 bits per heavy atom. The molecule has 4 heterocycles.